The molecule has 1 N–H and O–H groups in total. The molecule has 0 amide bonds. The lowest BCUT2D eigenvalue weighted by Gasteiger charge is -2.23. The lowest BCUT2D eigenvalue weighted by molar-refractivity contribution is 0.296. The van der Waals surface area contributed by atoms with Crippen molar-refractivity contribution in [3.05, 3.63) is 22.8 Å². The van der Waals surface area contributed by atoms with Crippen LogP contribution in [0.4, 0.5) is 0 Å². The zero-order chi connectivity index (χ0) is 12.7. The summed E-state index contributed by atoms with van der Waals surface area (Å²) in [6, 6.07) is 2.05. The van der Waals surface area contributed by atoms with Crippen LogP contribution in [0.25, 0.3) is 0 Å². The van der Waals surface area contributed by atoms with E-state index in [0.29, 0.717) is 18.3 Å². The zero-order valence-corrected chi connectivity index (χ0v) is 11.0. The Bertz CT molecular complexity index is 467. The molecule has 1 saturated carbocycles. The Morgan fingerprint density at radius 1 is 1.17 bits per heavy atom. The summed E-state index contributed by atoms with van der Waals surface area (Å²) in [6.07, 6.45) is 4.41. The molecule has 98 valence electrons. The second kappa shape index (κ2) is 4.47. The Balaban J connectivity index is 2.19. The number of rotatable bonds is 4. The quantitative estimate of drug-likeness (QED) is 0.890. The molecule has 0 heterocycles. The maximum atomic E-state index is 9.19. The second-order valence-corrected chi connectivity index (χ2v) is 5.28. The smallest absolute Gasteiger partial charge is 0.126 e. The molecular formula is C15H20O3. The Morgan fingerprint density at radius 3 is 2.50 bits per heavy atom. The zero-order valence-electron chi connectivity index (χ0n) is 11.0. The molecule has 0 aromatic heterocycles. The topological polar surface area (TPSA) is 38.7 Å². The molecule has 1 fully saturated rings. The van der Waals surface area contributed by atoms with Crippen molar-refractivity contribution in [1.29, 1.82) is 0 Å². The maximum Gasteiger partial charge on any atom is 0.126 e. The maximum absolute atomic E-state index is 9.19. The lowest BCUT2D eigenvalue weighted by Crippen LogP contribution is -2.07. The van der Waals surface area contributed by atoms with Crippen molar-refractivity contribution in [1.82, 2.24) is 0 Å². The number of aliphatic hydroxyl groups excluding tert-OH is 1. The third-order valence-electron chi connectivity index (χ3n) is 4.45. The molecule has 2 unspecified atom stereocenters. The average molecular weight is 248 g/mol. The summed E-state index contributed by atoms with van der Waals surface area (Å²) in [5, 5.41) is 9.19. The number of aliphatic hydroxyl groups is 1. The van der Waals surface area contributed by atoms with Gasteiger partial charge in [0.15, 0.2) is 0 Å². The molecule has 2 aliphatic carbocycles. The normalized spacial score (nSPS) is 24.2. The predicted molar refractivity (Wildman–Crippen MR) is 69.7 cm³/mol. The van der Waals surface area contributed by atoms with E-state index in [4.69, 9.17) is 9.47 Å². The van der Waals surface area contributed by atoms with E-state index < -0.39 is 0 Å². The van der Waals surface area contributed by atoms with Crippen molar-refractivity contribution in [2.24, 2.45) is 0 Å². The third-order valence-corrected chi connectivity index (χ3v) is 4.45. The van der Waals surface area contributed by atoms with E-state index in [9.17, 15) is 5.11 Å². The minimum atomic E-state index is 0.145. The minimum absolute atomic E-state index is 0.145. The SMILES string of the molecule is COc1cc(CCO)c(OC)c2c1C1CCC2C1. The standard InChI is InChI=1S/C15H20O3/c1-17-12-8-11(5-6-16)15(18-2)14-10-4-3-9(7-10)13(12)14/h8-10,16H,3-7H2,1-2H3. The highest BCUT2D eigenvalue weighted by Gasteiger charge is 2.41. The van der Waals surface area contributed by atoms with Crippen LogP contribution in [-0.4, -0.2) is 25.9 Å². The molecule has 2 bridgehead atoms. The first kappa shape index (κ1) is 11.8. The van der Waals surface area contributed by atoms with Gasteiger partial charge in [0.05, 0.1) is 14.2 Å². The van der Waals surface area contributed by atoms with Crippen LogP contribution < -0.4 is 9.47 Å². The van der Waals surface area contributed by atoms with Gasteiger partial charge in [-0.3, -0.25) is 0 Å². The Hall–Kier alpha value is -1.22. The van der Waals surface area contributed by atoms with E-state index in [0.717, 1.165) is 17.1 Å². The molecule has 0 saturated heterocycles. The highest BCUT2D eigenvalue weighted by atomic mass is 16.5. The molecule has 0 radical (unpaired) electrons. The first-order valence-corrected chi connectivity index (χ1v) is 6.68. The summed E-state index contributed by atoms with van der Waals surface area (Å²) >= 11 is 0. The van der Waals surface area contributed by atoms with Gasteiger partial charge in [-0.25, -0.2) is 0 Å². The molecule has 0 aliphatic heterocycles. The van der Waals surface area contributed by atoms with Gasteiger partial charge in [-0.05, 0) is 43.6 Å². The molecular weight excluding hydrogens is 228 g/mol. The van der Waals surface area contributed by atoms with Crippen LogP contribution in [0.1, 0.15) is 47.8 Å². The van der Waals surface area contributed by atoms with Gasteiger partial charge in [0, 0.05) is 23.3 Å². The summed E-state index contributed by atoms with van der Waals surface area (Å²) in [5.74, 6) is 3.26. The Labute approximate surface area is 108 Å². The van der Waals surface area contributed by atoms with Crippen molar-refractivity contribution >= 4 is 0 Å². The largest absolute Gasteiger partial charge is 0.496 e. The van der Waals surface area contributed by atoms with Gasteiger partial charge in [0.2, 0.25) is 0 Å². The summed E-state index contributed by atoms with van der Waals surface area (Å²) in [6.45, 7) is 0.145. The number of hydrogen-bond acceptors (Lipinski definition) is 3. The molecule has 0 spiro atoms. The van der Waals surface area contributed by atoms with Crippen molar-refractivity contribution in [2.45, 2.75) is 37.5 Å². The van der Waals surface area contributed by atoms with Crippen molar-refractivity contribution in [3.63, 3.8) is 0 Å². The van der Waals surface area contributed by atoms with Crippen LogP contribution in [0.15, 0.2) is 6.07 Å². The fraction of sp³-hybridized carbons (Fsp3) is 0.600. The molecule has 3 heteroatoms. The highest BCUT2D eigenvalue weighted by Crippen LogP contribution is 2.59. The molecule has 3 nitrogen and oxygen atoms in total. The number of benzene rings is 1. The van der Waals surface area contributed by atoms with E-state index in [-0.39, 0.29) is 6.61 Å². The average Bonchev–Trinajstić information content (AvgIpc) is 2.99. The summed E-state index contributed by atoms with van der Waals surface area (Å²) < 4.78 is 11.2. The summed E-state index contributed by atoms with van der Waals surface area (Å²) in [5.41, 5.74) is 3.80. The van der Waals surface area contributed by atoms with Crippen LogP contribution in [0.3, 0.4) is 0 Å². The first-order chi connectivity index (χ1) is 8.80. The monoisotopic (exact) mass is 248 g/mol. The van der Waals surface area contributed by atoms with Crippen LogP contribution in [0.5, 0.6) is 11.5 Å². The van der Waals surface area contributed by atoms with Gasteiger partial charge in [0.1, 0.15) is 11.5 Å². The van der Waals surface area contributed by atoms with E-state index in [1.165, 1.54) is 30.4 Å². The second-order valence-electron chi connectivity index (χ2n) is 5.28. The first-order valence-electron chi connectivity index (χ1n) is 6.68. The summed E-state index contributed by atoms with van der Waals surface area (Å²) in [4.78, 5) is 0. The van der Waals surface area contributed by atoms with Gasteiger partial charge in [0.25, 0.3) is 0 Å². The van der Waals surface area contributed by atoms with Gasteiger partial charge in [-0.15, -0.1) is 0 Å². The van der Waals surface area contributed by atoms with E-state index in [2.05, 4.69) is 6.07 Å². The molecule has 3 rings (SSSR count). The van der Waals surface area contributed by atoms with Crippen molar-refractivity contribution in [2.75, 3.05) is 20.8 Å². The molecule has 2 atom stereocenters. The number of fused-ring (bicyclic) bond motifs is 5. The fourth-order valence-corrected chi connectivity index (χ4v) is 3.78. The van der Waals surface area contributed by atoms with Gasteiger partial charge in [-0.2, -0.15) is 0 Å². The fourth-order valence-electron chi connectivity index (χ4n) is 3.78. The number of hydrogen-bond donors (Lipinski definition) is 1. The van der Waals surface area contributed by atoms with E-state index in [1.54, 1.807) is 14.2 Å². The van der Waals surface area contributed by atoms with Crippen LogP contribution in [0, 0.1) is 0 Å². The minimum Gasteiger partial charge on any atom is -0.496 e. The van der Waals surface area contributed by atoms with E-state index >= 15 is 0 Å². The predicted octanol–water partition coefficient (Wildman–Crippen LogP) is 2.60. The van der Waals surface area contributed by atoms with Crippen LogP contribution >= 0.6 is 0 Å². The lowest BCUT2D eigenvalue weighted by atomic mass is 9.88. The van der Waals surface area contributed by atoms with Gasteiger partial charge < -0.3 is 14.6 Å². The van der Waals surface area contributed by atoms with E-state index in [1.807, 2.05) is 0 Å². The molecule has 1 aromatic carbocycles. The Morgan fingerprint density at radius 2 is 1.89 bits per heavy atom. The highest BCUT2D eigenvalue weighted by molar-refractivity contribution is 5.60. The number of ether oxygens (including phenoxy) is 2. The van der Waals surface area contributed by atoms with Gasteiger partial charge in [-0.1, -0.05) is 0 Å². The Kier molecular flexibility index (Phi) is 2.94. The van der Waals surface area contributed by atoms with Crippen molar-refractivity contribution < 1.29 is 14.6 Å². The molecule has 1 aromatic rings. The van der Waals surface area contributed by atoms with Gasteiger partial charge >= 0.3 is 0 Å². The molecule has 2 aliphatic rings. The number of methoxy groups -OCH3 is 2. The third kappa shape index (κ3) is 1.53. The molecule has 18 heavy (non-hydrogen) atoms. The van der Waals surface area contributed by atoms with Crippen LogP contribution in [-0.2, 0) is 6.42 Å². The van der Waals surface area contributed by atoms with Crippen LogP contribution in [0.2, 0.25) is 0 Å². The summed E-state index contributed by atoms with van der Waals surface area (Å²) in [7, 11) is 3.46. The van der Waals surface area contributed by atoms with Crippen molar-refractivity contribution in [3.8, 4) is 11.5 Å².